The molecule has 2 aliphatic rings. The minimum Gasteiger partial charge on any atom is -0.310 e. The van der Waals surface area contributed by atoms with Gasteiger partial charge in [-0.1, -0.05) is 149 Å². The lowest BCUT2D eigenvalue weighted by Crippen LogP contribution is -2.18. The second-order valence-corrected chi connectivity index (χ2v) is 14.6. The van der Waals surface area contributed by atoms with Crippen molar-refractivity contribution in [3.05, 3.63) is 186 Å². The summed E-state index contributed by atoms with van der Waals surface area (Å²) in [5, 5.41) is 0. The van der Waals surface area contributed by atoms with Crippen LogP contribution in [0.5, 0.6) is 0 Å². The van der Waals surface area contributed by atoms with E-state index in [2.05, 4.69) is 196 Å². The molecule has 236 valence electrons. The molecular formula is C48H39N. The first kappa shape index (κ1) is 29.5. The van der Waals surface area contributed by atoms with Crippen LogP contribution in [-0.2, 0) is 10.8 Å². The number of rotatable bonds is 5. The van der Waals surface area contributed by atoms with E-state index < -0.39 is 0 Å². The van der Waals surface area contributed by atoms with Crippen LogP contribution in [0.15, 0.2) is 164 Å². The van der Waals surface area contributed by atoms with Crippen LogP contribution in [0.25, 0.3) is 44.5 Å². The van der Waals surface area contributed by atoms with Crippen LogP contribution < -0.4 is 4.90 Å². The molecular weight excluding hydrogens is 591 g/mol. The summed E-state index contributed by atoms with van der Waals surface area (Å²) >= 11 is 0. The average Bonchev–Trinajstić information content (AvgIpc) is 3.51. The topological polar surface area (TPSA) is 3.24 Å². The molecule has 0 bridgehead atoms. The van der Waals surface area contributed by atoms with Gasteiger partial charge in [-0.3, -0.25) is 0 Å². The number of hydrogen-bond donors (Lipinski definition) is 0. The first-order valence-electron chi connectivity index (χ1n) is 17.4. The van der Waals surface area contributed by atoms with Crippen molar-refractivity contribution in [1.29, 1.82) is 0 Å². The Bertz CT molecular complexity index is 2360. The SMILES string of the molecule is CC1(C)c2ccccc2-c2ccc(N(c3ccc(-c4ccccc4)cc3)c3ccc4c(c3)C(C)(C)c3ccc(-c5ccccc5)cc3-4)cc21. The molecule has 1 nitrogen and oxygen atoms in total. The monoisotopic (exact) mass is 629 g/mol. The predicted molar refractivity (Wildman–Crippen MR) is 207 cm³/mol. The number of benzene rings is 7. The summed E-state index contributed by atoms with van der Waals surface area (Å²) in [4.78, 5) is 2.45. The van der Waals surface area contributed by atoms with Gasteiger partial charge in [-0.15, -0.1) is 0 Å². The largest absolute Gasteiger partial charge is 0.310 e. The molecule has 0 unspecified atom stereocenters. The fraction of sp³-hybridized carbons (Fsp3) is 0.125. The van der Waals surface area contributed by atoms with Gasteiger partial charge in [0, 0.05) is 27.9 Å². The minimum absolute atomic E-state index is 0.0806. The highest BCUT2D eigenvalue weighted by atomic mass is 15.1. The van der Waals surface area contributed by atoms with Gasteiger partial charge in [-0.05, 0) is 109 Å². The molecule has 0 fully saturated rings. The first-order valence-corrected chi connectivity index (χ1v) is 17.4. The lowest BCUT2D eigenvalue weighted by atomic mass is 9.81. The second-order valence-electron chi connectivity index (χ2n) is 14.6. The highest BCUT2D eigenvalue weighted by molar-refractivity contribution is 5.89. The van der Waals surface area contributed by atoms with Crippen LogP contribution in [0, 0.1) is 0 Å². The van der Waals surface area contributed by atoms with Gasteiger partial charge in [0.1, 0.15) is 0 Å². The molecule has 9 rings (SSSR count). The number of hydrogen-bond acceptors (Lipinski definition) is 1. The molecule has 0 aliphatic heterocycles. The number of fused-ring (bicyclic) bond motifs is 6. The van der Waals surface area contributed by atoms with Gasteiger partial charge in [0.2, 0.25) is 0 Å². The Labute approximate surface area is 290 Å². The maximum Gasteiger partial charge on any atom is 0.0465 e. The highest BCUT2D eigenvalue weighted by Gasteiger charge is 2.38. The van der Waals surface area contributed by atoms with E-state index >= 15 is 0 Å². The summed E-state index contributed by atoms with van der Waals surface area (Å²) in [5.74, 6) is 0. The Morgan fingerprint density at radius 2 is 0.735 bits per heavy atom. The van der Waals surface area contributed by atoms with Crippen molar-refractivity contribution < 1.29 is 0 Å². The standard InChI is InChI=1S/C48H39N/c1-47(2)43-18-12-11-17-39(43)40-26-24-37(30-45(40)47)49(36-22-19-34(20-23-36)32-13-7-5-8-14-32)38-25-27-41-42-29-35(33-15-9-6-10-16-33)21-28-44(42)48(3,4)46(41)31-38/h5-31H,1-4H3. The fourth-order valence-corrected chi connectivity index (χ4v) is 8.40. The minimum atomic E-state index is -0.125. The second kappa shape index (κ2) is 10.9. The third-order valence-corrected chi connectivity index (χ3v) is 11.1. The van der Waals surface area contributed by atoms with Gasteiger partial charge in [0.15, 0.2) is 0 Å². The smallest absolute Gasteiger partial charge is 0.0465 e. The quantitative estimate of drug-likeness (QED) is 0.183. The van der Waals surface area contributed by atoms with E-state index in [0.29, 0.717) is 0 Å². The van der Waals surface area contributed by atoms with Gasteiger partial charge in [0.25, 0.3) is 0 Å². The van der Waals surface area contributed by atoms with Gasteiger partial charge >= 0.3 is 0 Å². The molecule has 0 saturated carbocycles. The molecule has 49 heavy (non-hydrogen) atoms. The van der Waals surface area contributed by atoms with Crippen molar-refractivity contribution in [2.75, 3.05) is 4.90 Å². The summed E-state index contributed by atoms with van der Waals surface area (Å²) in [7, 11) is 0. The van der Waals surface area contributed by atoms with Crippen LogP contribution in [-0.4, -0.2) is 0 Å². The zero-order chi connectivity index (χ0) is 33.3. The first-order chi connectivity index (χ1) is 23.8. The molecule has 0 amide bonds. The van der Waals surface area contributed by atoms with Crippen molar-refractivity contribution >= 4 is 17.1 Å². The van der Waals surface area contributed by atoms with Crippen molar-refractivity contribution in [2.45, 2.75) is 38.5 Å². The van der Waals surface area contributed by atoms with Crippen molar-refractivity contribution in [1.82, 2.24) is 0 Å². The van der Waals surface area contributed by atoms with E-state index in [1.807, 2.05) is 0 Å². The van der Waals surface area contributed by atoms with Crippen LogP contribution >= 0.6 is 0 Å². The number of nitrogens with zero attached hydrogens (tertiary/aromatic N) is 1. The third kappa shape index (κ3) is 4.60. The lowest BCUT2D eigenvalue weighted by Gasteiger charge is -2.30. The summed E-state index contributed by atoms with van der Waals surface area (Å²) in [6.07, 6.45) is 0. The Balaban J connectivity index is 1.19. The summed E-state index contributed by atoms with van der Waals surface area (Å²) in [6.45, 7) is 9.47. The zero-order valence-electron chi connectivity index (χ0n) is 28.5. The number of anilines is 3. The van der Waals surface area contributed by atoms with Gasteiger partial charge in [-0.25, -0.2) is 0 Å². The summed E-state index contributed by atoms with van der Waals surface area (Å²) in [6, 6.07) is 60.5. The van der Waals surface area contributed by atoms with Crippen LogP contribution in [0.2, 0.25) is 0 Å². The predicted octanol–water partition coefficient (Wildman–Crippen LogP) is 13.1. The van der Waals surface area contributed by atoms with Crippen molar-refractivity contribution in [2.24, 2.45) is 0 Å². The molecule has 0 aromatic heterocycles. The fourth-order valence-electron chi connectivity index (χ4n) is 8.40. The lowest BCUT2D eigenvalue weighted by molar-refractivity contribution is 0.660. The zero-order valence-corrected chi connectivity index (χ0v) is 28.5. The molecule has 1 heteroatoms. The molecule has 0 saturated heterocycles. The van der Waals surface area contributed by atoms with Crippen LogP contribution in [0.3, 0.4) is 0 Å². The van der Waals surface area contributed by atoms with Gasteiger partial charge < -0.3 is 4.90 Å². The molecule has 2 aliphatic carbocycles. The average molecular weight is 630 g/mol. The van der Waals surface area contributed by atoms with Crippen molar-refractivity contribution in [3.8, 4) is 44.5 Å². The highest BCUT2D eigenvalue weighted by Crippen LogP contribution is 2.53. The molecule has 0 radical (unpaired) electrons. The molecule has 0 N–H and O–H groups in total. The molecule has 0 spiro atoms. The van der Waals surface area contributed by atoms with Gasteiger partial charge in [-0.2, -0.15) is 0 Å². The summed E-state index contributed by atoms with van der Waals surface area (Å²) in [5.41, 5.74) is 19.1. The Kier molecular flexibility index (Phi) is 6.58. The normalized spacial score (nSPS) is 14.4. The summed E-state index contributed by atoms with van der Waals surface area (Å²) < 4.78 is 0. The van der Waals surface area contributed by atoms with E-state index in [1.165, 1.54) is 78.1 Å². The molecule has 7 aromatic carbocycles. The van der Waals surface area contributed by atoms with E-state index in [4.69, 9.17) is 0 Å². The Hall–Kier alpha value is -5.66. The molecule has 0 atom stereocenters. The third-order valence-electron chi connectivity index (χ3n) is 11.1. The maximum absolute atomic E-state index is 2.45. The van der Waals surface area contributed by atoms with E-state index in [9.17, 15) is 0 Å². The van der Waals surface area contributed by atoms with Crippen LogP contribution in [0.1, 0.15) is 49.9 Å². The van der Waals surface area contributed by atoms with E-state index in [1.54, 1.807) is 0 Å². The Morgan fingerprint density at radius 1 is 0.306 bits per heavy atom. The van der Waals surface area contributed by atoms with Crippen LogP contribution in [0.4, 0.5) is 17.1 Å². The van der Waals surface area contributed by atoms with E-state index in [0.717, 1.165) is 5.69 Å². The molecule has 7 aromatic rings. The van der Waals surface area contributed by atoms with Crippen molar-refractivity contribution in [3.63, 3.8) is 0 Å². The molecule has 0 heterocycles. The van der Waals surface area contributed by atoms with Gasteiger partial charge in [0.05, 0.1) is 0 Å². The maximum atomic E-state index is 2.45. The Morgan fingerprint density at radius 3 is 1.35 bits per heavy atom. The van der Waals surface area contributed by atoms with E-state index in [-0.39, 0.29) is 10.8 Å².